The van der Waals surface area contributed by atoms with E-state index in [0.717, 1.165) is 24.9 Å². The molecule has 2 aliphatic heterocycles. The molecular weight excluding hydrogens is 274 g/mol. The Balaban J connectivity index is 0.00000121. The molecule has 3 aliphatic rings. The van der Waals surface area contributed by atoms with Gasteiger partial charge in [0.1, 0.15) is 11.6 Å². The Kier molecular flexibility index (Phi) is 4.29. The van der Waals surface area contributed by atoms with Gasteiger partial charge in [-0.3, -0.25) is 4.90 Å². The molecule has 3 heterocycles. The molecule has 1 aromatic heterocycles. The first-order chi connectivity index (χ1) is 9.40. The third-order valence-corrected chi connectivity index (χ3v) is 4.78. The topological polar surface area (TPSA) is 46.0 Å². The third-order valence-electron chi connectivity index (χ3n) is 4.78. The predicted molar refractivity (Wildman–Crippen MR) is 80.1 cm³/mol. The van der Waals surface area contributed by atoms with Gasteiger partial charge in [0.2, 0.25) is 0 Å². The van der Waals surface area contributed by atoms with Crippen molar-refractivity contribution in [3.05, 3.63) is 11.6 Å². The van der Waals surface area contributed by atoms with Crippen LogP contribution in [0, 0.1) is 5.92 Å². The summed E-state index contributed by atoms with van der Waals surface area (Å²) in [6, 6.07) is 0. The van der Waals surface area contributed by atoms with Crippen molar-refractivity contribution in [3.63, 3.8) is 0 Å². The predicted octanol–water partition coefficient (Wildman–Crippen LogP) is 1.39. The molecule has 1 aromatic rings. The Morgan fingerprint density at radius 1 is 1.05 bits per heavy atom. The quantitative estimate of drug-likeness (QED) is 0.916. The number of nitrogens with zero attached hydrogens (tertiary/aromatic N) is 4. The van der Waals surface area contributed by atoms with E-state index in [9.17, 15) is 0 Å². The van der Waals surface area contributed by atoms with Crippen molar-refractivity contribution in [3.8, 4) is 0 Å². The molecule has 112 valence electrons. The fourth-order valence-electron chi connectivity index (χ4n) is 3.46. The third kappa shape index (κ3) is 2.85. The summed E-state index contributed by atoms with van der Waals surface area (Å²) < 4.78 is 2.39. The second kappa shape index (κ2) is 6.00. The Morgan fingerprint density at radius 3 is 2.60 bits per heavy atom. The van der Waals surface area contributed by atoms with E-state index in [-0.39, 0.29) is 12.4 Å². The highest BCUT2D eigenvalue weighted by molar-refractivity contribution is 5.85. The van der Waals surface area contributed by atoms with E-state index in [1.807, 2.05) is 0 Å². The van der Waals surface area contributed by atoms with Gasteiger partial charge in [-0.2, -0.15) is 0 Å². The minimum atomic E-state index is 0. The summed E-state index contributed by atoms with van der Waals surface area (Å²) in [6.45, 7) is 6.91. The summed E-state index contributed by atoms with van der Waals surface area (Å²) in [5.41, 5.74) is 0. The average molecular weight is 298 g/mol. The SMILES string of the molecule is C1CC(CN2CCn3c(nnc3C3CC3)C2)CCN1.Cl. The summed E-state index contributed by atoms with van der Waals surface area (Å²) in [6.07, 6.45) is 5.29. The van der Waals surface area contributed by atoms with Crippen molar-refractivity contribution < 1.29 is 0 Å². The number of hydrogen-bond acceptors (Lipinski definition) is 4. The van der Waals surface area contributed by atoms with Crippen molar-refractivity contribution in [2.24, 2.45) is 5.92 Å². The van der Waals surface area contributed by atoms with E-state index < -0.39 is 0 Å². The molecular formula is C14H24ClN5. The van der Waals surface area contributed by atoms with Crippen molar-refractivity contribution in [1.82, 2.24) is 25.0 Å². The lowest BCUT2D eigenvalue weighted by molar-refractivity contribution is 0.167. The molecule has 4 rings (SSSR count). The summed E-state index contributed by atoms with van der Waals surface area (Å²) >= 11 is 0. The van der Waals surface area contributed by atoms with E-state index in [0.29, 0.717) is 0 Å². The summed E-state index contributed by atoms with van der Waals surface area (Å²) in [5, 5.41) is 12.3. The van der Waals surface area contributed by atoms with E-state index in [2.05, 4.69) is 25.0 Å². The van der Waals surface area contributed by atoms with Gasteiger partial charge in [-0.15, -0.1) is 22.6 Å². The van der Waals surface area contributed by atoms with Gasteiger partial charge >= 0.3 is 0 Å². The number of piperidine rings is 1. The van der Waals surface area contributed by atoms with Gasteiger partial charge in [0.05, 0.1) is 6.54 Å². The van der Waals surface area contributed by atoms with Crippen molar-refractivity contribution in [2.45, 2.75) is 44.7 Å². The fraction of sp³-hybridized carbons (Fsp3) is 0.857. The largest absolute Gasteiger partial charge is 0.317 e. The molecule has 0 amide bonds. The first-order valence-electron chi connectivity index (χ1n) is 7.75. The summed E-state index contributed by atoms with van der Waals surface area (Å²) in [5.74, 6) is 4.05. The number of halogens is 1. The maximum atomic E-state index is 4.42. The molecule has 5 nitrogen and oxygen atoms in total. The lowest BCUT2D eigenvalue weighted by atomic mass is 9.97. The molecule has 1 saturated carbocycles. The monoisotopic (exact) mass is 297 g/mol. The smallest absolute Gasteiger partial charge is 0.147 e. The van der Waals surface area contributed by atoms with Crippen LogP contribution in [0.2, 0.25) is 0 Å². The lowest BCUT2D eigenvalue weighted by Crippen LogP contribution is -2.40. The van der Waals surface area contributed by atoms with Gasteiger partial charge in [0.25, 0.3) is 0 Å². The Hall–Kier alpha value is -0.650. The maximum absolute atomic E-state index is 4.42. The zero-order valence-electron chi connectivity index (χ0n) is 11.9. The zero-order chi connectivity index (χ0) is 12.7. The molecule has 0 unspecified atom stereocenters. The standard InChI is InChI=1S/C14H23N5.ClH/c1-2-12(1)14-17-16-13-10-18(7-8-19(13)14)9-11-3-5-15-6-4-11;/h11-12,15H,1-10H2;1H. The van der Waals surface area contributed by atoms with Crippen LogP contribution in [0.15, 0.2) is 0 Å². The van der Waals surface area contributed by atoms with E-state index in [1.165, 1.54) is 63.5 Å². The molecule has 0 radical (unpaired) electrons. The van der Waals surface area contributed by atoms with Crippen LogP contribution in [0.4, 0.5) is 0 Å². The van der Waals surface area contributed by atoms with Crippen LogP contribution in [0.1, 0.15) is 43.3 Å². The van der Waals surface area contributed by atoms with Crippen LogP contribution in [-0.4, -0.2) is 45.8 Å². The van der Waals surface area contributed by atoms with Crippen LogP contribution in [0.5, 0.6) is 0 Å². The Morgan fingerprint density at radius 2 is 1.85 bits per heavy atom. The number of rotatable bonds is 3. The van der Waals surface area contributed by atoms with Gasteiger partial charge < -0.3 is 9.88 Å². The minimum absolute atomic E-state index is 0. The Labute approximate surface area is 126 Å². The van der Waals surface area contributed by atoms with Gasteiger partial charge in [0.15, 0.2) is 0 Å². The fourth-order valence-corrected chi connectivity index (χ4v) is 3.46. The number of nitrogens with one attached hydrogen (secondary N) is 1. The van der Waals surface area contributed by atoms with Gasteiger partial charge in [-0.05, 0) is 44.7 Å². The van der Waals surface area contributed by atoms with Crippen molar-refractivity contribution in [2.75, 3.05) is 26.2 Å². The molecule has 0 aromatic carbocycles. The van der Waals surface area contributed by atoms with Gasteiger partial charge in [0, 0.05) is 25.6 Å². The molecule has 0 spiro atoms. The van der Waals surface area contributed by atoms with Gasteiger partial charge in [-0.1, -0.05) is 0 Å². The Bertz CT molecular complexity index is 450. The van der Waals surface area contributed by atoms with E-state index in [4.69, 9.17) is 0 Å². The maximum Gasteiger partial charge on any atom is 0.147 e. The molecule has 0 atom stereocenters. The molecule has 0 bridgehead atoms. The molecule has 1 saturated heterocycles. The van der Waals surface area contributed by atoms with Crippen molar-refractivity contribution in [1.29, 1.82) is 0 Å². The molecule has 6 heteroatoms. The summed E-state index contributed by atoms with van der Waals surface area (Å²) in [7, 11) is 0. The molecule has 1 aliphatic carbocycles. The zero-order valence-corrected chi connectivity index (χ0v) is 12.7. The second-order valence-corrected chi connectivity index (χ2v) is 6.33. The summed E-state index contributed by atoms with van der Waals surface area (Å²) in [4.78, 5) is 2.58. The van der Waals surface area contributed by atoms with Gasteiger partial charge in [-0.25, -0.2) is 0 Å². The van der Waals surface area contributed by atoms with Crippen LogP contribution in [0.25, 0.3) is 0 Å². The number of aromatic nitrogens is 3. The minimum Gasteiger partial charge on any atom is -0.317 e. The molecule has 2 fully saturated rings. The van der Waals surface area contributed by atoms with Crippen molar-refractivity contribution >= 4 is 12.4 Å². The van der Waals surface area contributed by atoms with Crippen LogP contribution in [0.3, 0.4) is 0 Å². The first kappa shape index (κ1) is 14.3. The second-order valence-electron chi connectivity index (χ2n) is 6.33. The highest BCUT2D eigenvalue weighted by Crippen LogP contribution is 2.39. The number of fused-ring (bicyclic) bond motifs is 1. The number of hydrogen-bond donors (Lipinski definition) is 1. The van der Waals surface area contributed by atoms with E-state index in [1.54, 1.807) is 0 Å². The highest BCUT2D eigenvalue weighted by atomic mass is 35.5. The van der Waals surface area contributed by atoms with E-state index >= 15 is 0 Å². The molecule has 1 N–H and O–H groups in total. The van der Waals surface area contributed by atoms with Crippen LogP contribution in [-0.2, 0) is 13.1 Å². The highest BCUT2D eigenvalue weighted by Gasteiger charge is 2.32. The molecule has 20 heavy (non-hydrogen) atoms. The van der Waals surface area contributed by atoms with Crippen LogP contribution >= 0.6 is 12.4 Å². The lowest BCUT2D eigenvalue weighted by Gasteiger charge is -2.32. The normalized spacial score (nSPS) is 24.2. The van der Waals surface area contributed by atoms with Crippen LogP contribution < -0.4 is 5.32 Å². The first-order valence-corrected chi connectivity index (χ1v) is 7.75. The average Bonchev–Trinajstić information content (AvgIpc) is 3.20.